The minimum absolute atomic E-state index is 0.147. The Balaban J connectivity index is 1.31. The van der Waals surface area contributed by atoms with E-state index in [2.05, 4.69) is 10.4 Å². The molecular weight excluding hydrogens is 340 g/mol. The van der Waals surface area contributed by atoms with Gasteiger partial charge in [0.15, 0.2) is 0 Å². The van der Waals surface area contributed by atoms with Gasteiger partial charge in [0.25, 0.3) is 0 Å². The smallest absolute Gasteiger partial charge is 0.244 e. The van der Waals surface area contributed by atoms with E-state index in [1.54, 1.807) is 6.08 Å². The Morgan fingerprint density at radius 3 is 2.74 bits per heavy atom. The van der Waals surface area contributed by atoms with Crippen molar-refractivity contribution < 1.29 is 9.59 Å². The van der Waals surface area contributed by atoms with Crippen LogP contribution in [0.1, 0.15) is 36.2 Å². The number of nitrogens with zero attached hydrogens (tertiary/aromatic N) is 3. The molecule has 2 heterocycles. The van der Waals surface area contributed by atoms with Gasteiger partial charge in [0.1, 0.15) is 0 Å². The van der Waals surface area contributed by atoms with E-state index >= 15 is 0 Å². The maximum Gasteiger partial charge on any atom is 0.244 e. The zero-order valence-corrected chi connectivity index (χ0v) is 15.3. The van der Waals surface area contributed by atoms with E-state index in [0.717, 1.165) is 42.9 Å². The highest BCUT2D eigenvalue weighted by molar-refractivity contribution is 5.91. The largest absolute Gasteiger partial charge is 0.347 e. The molecule has 2 amide bonds. The van der Waals surface area contributed by atoms with E-state index in [0.29, 0.717) is 13.1 Å². The van der Waals surface area contributed by atoms with Crippen molar-refractivity contribution in [3.8, 4) is 0 Å². The first-order valence-corrected chi connectivity index (χ1v) is 9.54. The first-order valence-electron chi connectivity index (χ1n) is 9.54. The highest BCUT2D eigenvalue weighted by Crippen LogP contribution is 2.29. The number of hydrogen-bond donors (Lipinski definition) is 1. The minimum atomic E-state index is -0.147. The summed E-state index contributed by atoms with van der Waals surface area (Å²) in [4.78, 5) is 26.4. The third kappa shape index (κ3) is 4.10. The molecular formula is C21H24N4O2. The van der Waals surface area contributed by atoms with Gasteiger partial charge < -0.3 is 10.2 Å². The summed E-state index contributed by atoms with van der Waals surface area (Å²) in [6, 6.07) is 11.7. The molecule has 1 aliphatic heterocycles. The molecule has 6 nitrogen and oxygen atoms in total. The number of carbonyl (C=O) groups is 2. The lowest BCUT2D eigenvalue weighted by atomic mass is 9.84. The molecule has 2 aromatic rings. The Bertz CT molecular complexity index is 852. The van der Waals surface area contributed by atoms with Crippen LogP contribution in [-0.4, -0.2) is 33.0 Å². The van der Waals surface area contributed by atoms with E-state index in [1.807, 2.05) is 46.0 Å². The summed E-state index contributed by atoms with van der Waals surface area (Å²) in [6.45, 7) is 2.43. The fraction of sp³-hybridized carbons (Fsp3) is 0.381. The average Bonchev–Trinajstić information content (AvgIpc) is 3.06. The Morgan fingerprint density at radius 2 is 2.00 bits per heavy atom. The molecule has 1 N–H and O–H groups in total. The summed E-state index contributed by atoms with van der Waals surface area (Å²) >= 11 is 0. The molecule has 0 radical (unpaired) electrons. The zero-order chi connectivity index (χ0) is 18.6. The molecule has 0 spiro atoms. The molecule has 6 heteroatoms. The Hall–Kier alpha value is -2.89. The standard InChI is InChI=1S/C21H24N4O2/c26-20(10-9-16-5-2-1-3-6-16)22-14-18-13-19-15-24(11-12-25(19)23-18)21(27)17-7-4-8-17/h1-3,5-6,9-10,13,17H,4,7-8,11-12,14-15H2,(H,22,26). The van der Waals surface area contributed by atoms with Crippen molar-refractivity contribution in [1.29, 1.82) is 0 Å². The van der Waals surface area contributed by atoms with Crippen LogP contribution in [0.3, 0.4) is 0 Å². The molecule has 1 aliphatic carbocycles. The molecule has 0 bridgehead atoms. The summed E-state index contributed by atoms with van der Waals surface area (Å²) < 4.78 is 1.95. The first-order chi connectivity index (χ1) is 13.2. The lowest BCUT2D eigenvalue weighted by molar-refractivity contribution is -0.139. The van der Waals surface area contributed by atoms with Crippen LogP contribution >= 0.6 is 0 Å². The molecule has 0 saturated heterocycles. The van der Waals surface area contributed by atoms with Gasteiger partial charge >= 0.3 is 0 Å². The number of nitrogens with one attached hydrogen (secondary N) is 1. The third-order valence-corrected chi connectivity index (χ3v) is 5.29. The molecule has 2 aliphatic rings. The number of hydrogen-bond acceptors (Lipinski definition) is 3. The van der Waals surface area contributed by atoms with Gasteiger partial charge in [0, 0.05) is 18.5 Å². The molecule has 140 valence electrons. The number of rotatable bonds is 5. The predicted molar refractivity (Wildman–Crippen MR) is 102 cm³/mol. The van der Waals surface area contributed by atoms with E-state index in [9.17, 15) is 9.59 Å². The normalized spacial score (nSPS) is 16.8. The van der Waals surface area contributed by atoms with Crippen LogP contribution in [0.4, 0.5) is 0 Å². The second kappa shape index (κ2) is 7.78. The van der Waals surface area contributed by atoms with Crippen LogP contribution in [0, 0.1) is 5.92 Å². The van der Waals surface area contributed by atoms with Crippen LogP contribution < -0.4 is 5.32 Å². The Labute approximate surface area is 158 Å². The average molecular weight is 364 g/mol. The SMILES string of the molecule is O=C(C=Cc1ccccc1)NCc1cc2n(n1)CCN(C(=O)C1CCC1)C2. The van der Waals surface area contributed by atoms with Crippen LogP contribution in [0.2, 0.25) is 0 Å². The number of benzene rings is 1. The maximum absolute atomic E-state index is 12.4. The van der Waals surface area contributed by atoms with Crippen molar-refractivity contribution in [2.75, 3.05) is 6.54 Å². The van der Waals surface area contributed by atoms with Crippen LogP contribution in [0.15, 0.2) is 42.5 Å². The molecule has 27 heavy (non-hydrogen) atoms. The van der Waals surface area contributed by atoms with Gasteiger partial charge in [0.2, 0.25) is 11.8 Å². The monoisotopic (exact) mass is 364 g/mol. The molecule has 4 rings (SSSR count). The molecule has 0 atom stereocenters. The summed E-state index contributed by atoms with van der Waals surface area (Å²) in [5, 5.41) is 7.42. The van der Waals surface area contributed by atoms with E-state index in [1.165, 1.54) is 12.5 Å². The van der Waals surface area contributed by atoms with Crippen molar-refractivity contribution in [1.82, 2.24) is 20.0 Å². The van der Waals surface area contributed by atoms with Crippen molar-refractivity contribution in [3.63, 3.8) is 0 Å². The molecule has 1 fully saturated rings. The first kappa shape index (κ1) is 17.5. The highest BCUT2D eigenvalue weighted by atomic mass is 16.2. The fourth-order valence-corrected chi connectivity index (χ4v) is 3.49. The summed E-state index contributed by atoms with van der Waals surface area (Å²) in [5.74, 6) is 0.371. The number of amides is 2. The van der Waals surface area contributed by atoms with Crippen molar-refractivity contribution >= 4 is 17.9 Å². The van der Waals surface area contributed by atoms with Crippen LogP contribution in [0.25, 0.3) is 6.08 Å². The fourth-order valence-electron chi connectivity index (χ4n) is 3.49. The van der Waals surface area contributed by atoms with Gasteiger partial charge in [-0.2, -0.15) is 5.10 Å². The Kier molecular flexibility index (Phi) is 5.05. The minimum Gasteiger partial charge on any atom is -0.347 e. The maximum atomic E-state index is 12.4. The molecule has 1 saturated carbocycles. The zero-order valence-electron chi connectivity index (χ0n) is 15.3. The van der Waals surface area contributed by atoms with E-state index < -0.39 is 0 Å². The van der Waals surface area contributed by atoms with E-state index in [-0.39, 0.29) is 17.7 Å². The number of aromatic nitrogens is 2. The van der Waals surface area contributed by atoms with Crippen LogP contribution in [-0.2, 0) is 29.2 Å². The quantitative estimate of drug-likeness (QED) is 0.828. The second-order valence-electron chi connectivity index (χ2n) is 7.20. The van der Waals surface area contributed by atoms with Gasteiger partial charge in [-0.05, 0) is 30.5 Å². The van der Waals surface area contributed by atoms with Gasteiger partial charge in [-0.1, -0.05) is 36.8 Å². The lowest BCUT2D eigenvalue weighted by Crippen LogP contribution is -2.43. The van der Waals surface area contributed by atoms with Gasteiger partial charge in [-0.15, -0.1) is 0 Å². The van der Waals surface area contributed by atoms with Crippen LogP contribution in [0.5, 0.6) is 0 Å². The van der Waals surface area contributed by atoms with Gasteiger partial charge in [-0.3, -0.25) is 14.3 Å². The van der Waals surface area contributed by atoms with Crippen molar-refractivity contribution in [3.05, 3.63) is 59.4 Å². The van der Waals surface area contributed by atoms with E-state index in [4.69, 9.17) is 0 Å². The van der Waals surface area contributed by atoms with Crippen molar-refractivity contribution in [2.45, 2.75) is 38.9 Å². The molecule has 1 aromatic carbocycles. The second-order valence-corrected chi connectivity index (χ2v) is 7.20. The number of carbonyl (C=O) groups excluding carboxylic acids is 2. The predicted octanol–water partition coefficient (Wildman–Crippen LogP) is 2.36. The molecule has 1 aromatic heterocycles. The number of fused-ring (bicyclic) bond motifs is 1. The van der Waals surface area contributed by atoms with Gasteiger partial charge in [-0.25, -0.2) is 0 Å². The Morgan fingerprint density at radius 1 is 1.19 bits per heavy atom. The molecule has 0 unspecified atom stereocenters. The lowest BCUT2D eigenvalue weighted by Gasteiger charge is -2.34. The summed E-state index contributed by atoms with van der Waals surface area (Å²) in [6.07, 6.45) is 6.55. The van der Waals surface area contributed by atoms with Crippen molar-refractivity contribution in [2.24, 2.45) is 5.92 Å². The van der Waals surface area contributed by atoms with Gasteiger partial charge in [0.05, 0.1) is 31.0 Å². The summed E-state index contributed by atoms with van der Waals surface area (Å²) in [7, 11) is 0. The highest BCUT2D eigenvalue weighted by Gasteiger charge is 2.31. The summed E-state index contributed by atoms with van der Waals surface area (Å²) in [5.41, 5.74) is 2.85. The third-order valence-electron chi connectivity index (χ3n) is 5.29. The topological polar surface area (TPSA) is 67.2 Å².